The Hall–Kier alpha value is -1.96. The molecular formula is C15H17NO5S. The monoisotopic (exact) mass is 323 g/mol. The number of aliphatic hydroxyl groups is 1. The highest BCUT2D eigenvalue weighted by Crippen LogP contribution is 2.27. The molecule has 1 heterocycles. The Labute approximate surface area is 132 Å². The zero-order valence-electron chi connectivity index (χ0n) is 12.1. The second-order valence-electron chi connectivity index (χ2n) is 4.79. The van der Waals surface area contributed by atoms with Crippen molar-refractivity contribution in [2.45, 2.75) is 19.6 Å². The van der Waals surface area contributed by atoms with Gasteiger partial charge in [0.15, 0.2) is 5.75 Å². The molecule has 22 heavy (non-hydrogen) atoms. The Morgan fingerprint density at radius 2 is 2.18 bits per heavy atom. The van der Waals surface area contributed by atoms with Crippen molar-refractivity contribution in [1.82, 2.24) is 0 Å². The standard InChI is InChI=1S/C15H17NO5S/c1-11-4-5-14(16(18)19)15(7-11)21-9-12(17)8-20-10-13-3-2-6-22-13/h2-7,12,17H,8-10H2,1H3. The van der Waals surface area contributed by atoms with Gasteiger partial charge in [-0.15, -0.1) is 11.3 Å². The third-order valence-corrected chi connectivity index (χ3v) is 3.73. The normalized spacial score (nSPS) is 12.1. The van der Waals surface area contributed by atoms with Crippen molar-refractivity contribution in [2.75, 3.05) is 13.2 Å². The smallest absolute Gasteiger partial charge is 0.310 e. The van der Waals surface area contributed by atoms with Crippen molar-refractivity contribution < 1.29 is 19.5 Å². The molecule has 0 aliphatic heterocycles. The SMILES string of the molecule is Cc1ccc([N+](=O)[O-])c(OCC(O)COCc2cccs2)c1. The van der Waals surface area contributed by atoms with Crippen molar-refractivity contribution in [2.24, 2.45) is 0 Å². The average molecular weight is 323 g/mol. The zero-order valence-corrected chi connectivity index (χ0v) is 12.9. The maximum absolute atomic E-state index is 10.9. The summed E-state index contributed by atoms with van der Waals surface area (Å²) in [6.07, 6.45) is -0.847. The van der Waals surface area contributed by atoms with Gasteiger partial charge in [-0.05, 0) is 30.0 Å². The Kier molecular flexibility index (Phi) is 5.88. The second kappa shape index (κ2) is 7.88. The van der Waals surface area contributed by atoms with Crippen LogP contribution in [0.1, 0.15) is 10.4 Å². The van der Waals surface area contributed by atoms with Gasteiger partial charge in [0.1, 0.15) is 12.7 Å². The lowest BCUT2D eigenvalue weighted by Crippen LogP contribution is -2.23. The maximum Gasteiger partial charge on any atom is 0.310 e. The summed E-state index contributed by atoms with van der Waals surface area (Å²) in [4.78, 5) is 11.5. The van der Waals surface area contributed by atoms with E-state index in [-0.39, 0.29) is 24.7 Å². The Balaban J connectivity index is 1.81. The number of rotatable bonds is 8. The first-order valence-corrected chi connectivity index (χ1v) is 7.60. The van der Waals surface area contributed by atoms with Gasteiger partial charge in [-0.25, -0.2) is 0 Å². The van der Waals surface area contributed by atoms with Crippen molar-refractivity contribution >= 4 is 17.0 Å². The lowest BCUT2D eigenvalue weighted by molar-refractivity contribution is -0.385. The quantitative estimate of drug-likeness (QED) is 0.596. The summed E-state index contributed by atoms with van der Waals surface area (Å²) in [5, 5.41) is 22.7. The molecule has 0 aliphatic carbocycles. The van der Waals surface area contributed by atoms with Crippen molar-refractivity contribution in [1.29, 1.82) is 0 Å². The van der Waals surface area contributed by atoms with E-state index in [0.29, 0.717) is 6.61 Å². The van der Waals surface area contributed by atoms with Gasteiger partial charge in [0.2, 0.25) is 0 Å². The molecular weight excluding hydrogens is 306 g/mol. The largest absolute Gasteiger partial charge is 0.484 e. The molecule has 0 amide bonds. The predicted octanol–water partition coefficient (Wildman–Crippen LogP) is 2.92. The van der Waals surface area contributed by atoms with Crippen LogP contribution in [0, 0.1) is 17.0 Å². The maximum atomic E-state index is 10.9. The number of benzene rings is 1. The van der Waals surface area contributed by atoms with Crippen LogP contribution in [0.5, 0.6) is 5.75 Å². The lowest BCUT2D eigenvalue weighted by Gasteiger charge is -2.13. The van der Waals surface area contributed by atoms with Gasteiger partial charge in [-0.3, -0.25) is 10.1 Å². The summed E-state index contributed by atoms with van der Waals surface area (Å²) in [5.74, 6) is 0.155. The number of aliphatic hydroxyl groups excluding tert-OH is 1. The van der Waals surface area contributed by atoms with E-state index in [1.165, 1.54) is 6.07 Å². The van der Waals surface area contributed by atoms with Gasteiger partial charge in [0.25, 0.3) is 0 Å². The van der Waals surface area contributed by atoms with E-state index in [1.54, 1.807) is 23.5 Å². The highest BCUT2D eigenvalue weighted by Gasteiger charge is 2.16. The van der Waals surface area contributed by atoms with Crippen LogP contribution >= 0.6 is 11.3 Å². The molecule has 0 saturated carbocycles. The molecule has 0 saturated heterocycles. The number of hydrogen-bond donors (Lipinski definition) is 1. The van der Waals surface area contributed by atoms with E-state index in [2.05, 4.69) is 0 Å². The topological polar surface area (TPSA) is 81.8 Å². The van der Waals surface area contributed by atoms with Gasteiger partial charge in [0, 0.05) is 10.9 Å². The van der Waals surface area contributed by atoms with Crippen molar-refractivity contribution in [3.8, 4) is 5.75 Å². The predicted molar refractivity (Wildman–Crippen MR) is 83.3 cm³/mol. The number of nitrogens with zero attached hydrogens (tertiary/aromatic N) is 1. The number of nitro benzene ring substituents is 1. The minimum absolute atomic E-state index is 0.0608. The molecule has 1 aromatic heterocycles. The molecule has 0 radical (unpaired) electrons. The van der Waals surface area contributed by atoms with E-state index in [9.17, 15) is 15.2 Å². The van der Waals surface area contributed by atoms with Crippen LogP contribution in [0.3, 0.4) is 0 Å². The number of hydrogen-bond acceptors (Lipinski definition) is 6. The highest BCUT2D eigenvalue weighted by molar-refractivity contribution is 7.09. The molecule has 0 aliphatic rings. The van der Waals surface area contributed by atoms with Crippen LogP contribution in [0.4, 0.5) is 5.69 Å². The fraction of sp³-hybridized carbons (Fsp3) is 0.333. The number of aryl methyl sites for hydroxylation is 1. The first-order chi connectivity index (χ1) is 10.6. The zero-order chi connectivity index (χ0) is 15.9. The number of nitro groups is 1. The summed E-state index contributed by atoms with van der Waals surface area (Å²) >= 11 is 1.58. The van der Waals surface area contributed by atoms with Gasteiger partial charge >= 0.3 is 5.69 Å². The molecule has 1 N–H and O–H groups in total. The molecule has 0 fully saturated rings. The third kappa shape index (κ3) is 4.80. The Morgan fingerprint density at radius 3 is 2.86 bits per heavy atom. The van der Waals surface area contributed by atoms with E-state index in [4.69, 9.17) is 9.47 Å². The van der Waals surface area contributed by atoms with Crippen LogP contribution in [0.2, 0.25) is 0 Å². The first kappa shape index (κ1) is 16.4. The van der Waals surface area contributed by atoms with E-state index in [0.717, 1.165) is 10.4 Å². The summed E-state index contributed by atoms with van der Waals surface area (Å²) in [5.41, 5.74) is 0.737. The molecule has 0 spiro atoms. The van der Waals surface area contributed by atoms with Crippen LogP contribution in [0.15, 0.2) is 35.7 Å². The molecule has 2 rings (SSSR count). The highest BCUT2D eigenvalue weighted by atomic mass is 32.1. The molecule has 2 aromatic rings. The van der Waals surface area contributed by atoms with Gasteiger partial charge in [0.05, 0.1) is 18.1 Å². The minimum Gasteiger partial charge on any atom is -0.484 e. The van der Waals surface area contributed by atoms with Gasteiger partial charge in [-0.1, -0.05) is 12.1 Å². The van der Waals surface area contributed by atoms with E-state index >= 15 is 0 Å². The Morgan fingerprint density at radius 1 is 1.36 bits per heavy atom. The molecule has 1 atom stereocenters. The molecule has 118 valence electrons. The van der Waals surface area contributed by atoms with Gasteiger partial charge in [-0.2, -0.15) is 0 Å². The van der Waals surface area contributed by atoms with Crippen molar-refractivity contribution in [3.05, 3.63) is 56.3 Å². The Bertz CT molecular complexity index is 614. The summed E-state index contributed by atoms with van der Waals surface area (Å²) < 4.78 is 10.7. The van der Waals surface area contributed by atoms with Crippen LogP contribution < -0.4 is 4.74 Å². The average Bonchev–Trinajstić information content (AvgIpc) is 2.98. The summed E-state index contributed by atoms with van der Waals surface area (Å²) in [6.45, 7) is 2.29. The van der Waals surface area contributed by atoms with Crippen LogP contribution in [0.25, 0.3) is 0 Å². The summed E-state index contributed by atoms with van der Waals surface area (Å²) in [6, 6.07) is 8.50. The third-order valence-electron chi connectivity index (χ3n) is 2.88. The van der Waals surface area contributed by atoms with E-state index < -0.39 is 11.0 Å². The molecule has 0 bridgehead atoms. The molecule has 7 heteroatoms. The first-order valence-electron chi connectivity index (χ1n) is 6.72. The summed E-state index contributed by atoms with van der Waals surface area (Å²) in [7, 11) is 0. The lowest BCUT2D eigenvalue weighted by atomic mass is 10.2. The van der Waals surface area contributed by atoms with Crippen molar-refractivity contribution in [3.63, 3.8) is 0 Å². The van der Waals surface area contributed by atoms with E-state index in [1.807, 2.05) is 24.4 Å². The molecule has 1 aromatic carbocycles. The van der Waals surface area contributed by atoms with Crippen LogP contribution in [-0.2, 0) is 11.3 Å². The molecule has 6 nitrogen and oxygen atoms in total. The number of thiophene rings is 1. The number of ether oxygens (including phenoxy) is 2. The molecule has 1 unspecified atom stereocenters. The van der Waals surface area contributed by atoms with Crippen LogP contribution in [-0.4, -0.2) is 29.3 Å². The van der Waals surface area contributed by atoms with Gasteiger partial charge < -0.3 is 14.6 Å². The minimum atomic E-state index is -0.847. The fourth-order valence-electron chi connectivity index (χ4n) is 1.81. The second-order valence-corrected chi connectivity index (χ2v) is 5.82. The fourth-order valence-corrected chi connectivity index (χ4v) is 2.45.